The van der Waals surface area contributed by atoms with E-state index in [0.29, 0.717) is 0 Å². The zero-order chi connectivity index (χ0) is 13.5. The summed E-state index contributed by atoms with van der Waals surface area (Å²) in [5.41, 5.74) is 1.47. The van der Waals surface area contributed by atoms with Gasteiger partial charge in [-0.1, -0.05) is 90.0 Å². The largest absolute Gasteiger partial charge is 0.109 e. The highest BCUT2D eigenvalue weighted by atomic mass is 14.0. The number of hydrogen-bond donors (Lipinski definition) is 0. The minimum Gasteiger partial charge on any atom is -0.0999 e. The van der Waals surface area contributed by atoms with Crippen LogP contribution in [0.2, 0.25) is 12.6 Å². The molecule has 1 radical (unpaired) electrons. The average Bonchev–Trinajstić information content (AvgIpc) is 2.38. The van der Waals surface area contributed by atoms with Crippen molar-refractivity contribution in [3.8, 4) is 0 Å². The third-order valence-corrected chi connectivity index (χ3v) is 3.60. The van der Waals surface area contributed by atoms with Crippen molar-refractivity contribution >= 4 is 7.28 Å². The van der Waals surface area contributed by atoms with Crippen LogP contribution in [-0.4, -0.2) is 7.28 Å². The summed E-state index contributed by atoms with van der Waals surface area (Å²) in [5, 5.41) is 0. The summed E-state index contributed by atoms with van der Waals surface area (Å²) in [4.78, 5) is 0. The molecule has 105 valence electrons. The lowest BCUT2D eigenvalue weighted by Gasteiger charge is -2.05. The van der Waals surface area contributed by atoms with Gasteiger partial charge < -0.3 is 0 Å². The lowest BCUT2D eigenvalue weighted by atomic mass is 9.68. The second-order valence-electron chi connectivity index (χ2n) is 5.59. The van der Waals surface area contributed by atoms with Gasteiger partial charge >= 0.3 is 0 Å². The first-order chi connectivity index (χ1) is 8.81. The minimum atomic E-state index is 1.22. The molecular formula is C17H34B. The molecule has 0 bridgehead atoms. The molecule has 0 saturated heterocycles. The molecule has 0 unspecified atom stereocenters. The molecule has 0 fully saturated rings. The second kappa shape index (κ2) is 14.9. The first-order valence-corrected chi connectivity index (χ1v) is 8.29. The highest BCUT2D eigenvalue weighted by molar-refractivity contribution is 6.35. The van der Waals surface area contributed by atoms with E-state index in [9.17, 15) is 0 Å². The fourth-order valence-electron chi connectivity index (χ4n) is 2.27. The quantitative estimate of drug-likeness (QED) is 0.189. The predicted molar refractivity (Wildman–Crippen MR) is 86.6 cm³/mol. The predicted octanol–water partition coefficient (Wildman–Crippen LogP) is 6.41. The third kappa shape index (κ3) is 13.9. The Hall–Kier alpha value is -0.195. The Morgan fingerprint density at radius 2 is 1.33 bits per heavy atom. The zero-order valence-corrected chi connectivity index (χ0v) is 13.0. The van der Waals surface area contributed by atoms with Gasteiger partial charge in [0.2, 0.25) is 0 Å². The van der Waals surface area contributed by atoms with E-state index in [1.165, 1.54) is 88.8 Å². The Morgan fingerprint density at radius 3 is 2.00 bits per heavy atom. The smallest absolute Gasteiger partial charge is 0.0999 e. The summed E-state index contributed by atoms with van der Waals surface area (Å²) in [5.74, 6) is 0. The minimum absolute atomic E-state index is 1.22. The molecule has 0 atom stereocenters. The molecule has 0 aliphatic rings. The van der Waals surface area contributed by atoms with Crippen LogP contribution >= 0.6 is 0 Å². The van der Waals surface area contributed by atoms with Gasteiger partial charge in [-0.15, -0.1) is 0 Å². The molecule has 0 aliphatic heterocycles. The van der Waals surface area contributed by atoms with Gasteiger partial charge in [-0.2, -0.15) is 0 Å². The van der Waals surface area contributed by atoms with Gasteiger partial charge in [-0.05, 0) is 19.3 Å². The molecular weight excluding hydrogens is 215 g/mol. The van der Waals surface area contributed by atoms with E-state index < -0.39 is 0 Å². The van der Waals surface area contributed by atoms with E-state index in [1.54, 1.807) is 0 Å². The van der Waals surface area contributed by atoms with Crippen molar-refractivity contribution in [1.82, 2.24) is 0 Å². The maximum absolute atomic E-state index is 4.19. The van der Waals surface area contributed by atoms with Crippen molar-refractivity contribution in [2.24, 2.45) is 0 Å². The fraction of sp³-hybridized carbons (Fsp3) is 0.882. The SMILES string of the molecule is C=C(CC[B]CCCCCCC)CCCCCC. The van der Waals surface area contributed by atoms with Crippen molar-refractivity contribution < 1.29 is 0 Å². The summed E-state index contributed by atoms with van der Waals surface area (Å²) in [6.07, 6.45) is 17.5. The van der Waals surface area contributed by atoms with Crippen molar-refractivity contribution in [2.45, 2.75) is 97.1 Å². The van der Waals surface area contributed by atoms with Crippen LogP contribution in [0.4, 0.5) is 0 Å². The first-order valence-electron chi connectivity index (χ1n) is 8.29. The van der Waals surface area contributed by atoms with Crippen molar-refractivity contribution in [3.63, 3.8) is 0 Å². The van der Waals surface area contributed by atoms with Crippen LogP contribution in [0.25, 0.3) is 0 Å². The van der Waals surface area contributed by atoms with Crippen LogP contribution in [-0.2, 0) is 0 Å². The summed E-state index contributed by atoms with van der Waals surface area (Å²) in [7, 11) is 2.48. The van der Waals surface area contributed by atoms with Gasteiger partial charge in [0, 0.05) is 0 Å². The van der Waals surface area contributed by atoms with E-state index >= 15 is 0 Å². The fourth-order valence-corrected chi connectivity index (χ4v) is 2.27. The molecule has 0 aromatic rings. The summed E-state index contributed by atoms with van der Waals surface area (Å²) in [6.45, 7) is 8.73. The molecule has 0 nitrogen and oxygen atoms in total. The van der Waals surface area contributed by atoms with E-state index in [4.69, 9.17) is 0 Å². The molecule has 0 aromatic heterocycles. The van der Waals surface area contributed by atoms with Gasteiger partial charge in [0.05, 0.1) is 0 Å². The van der Waals surface area contributed by atoms with Crippen LogP contribution in [0, 0.1) is 0 Å². The van der Waals surface area contributed by atoms with Gasteiger partial charge in [-0.25, -0.2) is 0 Å². The lowest BCUT2D eigenvalue weighted by Crippen LogP contribution is -1.92. The summed E-state index contributed by atoms with van der Waals surface area (Å²) in [6, 6.07) is 0. The molecule has 0 aliphatic carbocycles. The maximum atomic E-state index is 4.19. The number of rotatable bonds is 14. The molecule has 0 aromatic carbocycles. The van der Waals surface area contributed by atoms with E-state index in [2.05, 4.69) is 27.7 Å². The van der Waals surface area contributed by atoms with Crippen LogP contribution < -0.4 is 0 Å². The Balaban J connectivity index is 3.10. The topological polar surface area (TPSA) is 0 Å². The molecule has 0 heterocycles. The molecule has 0 amide bonds. The highest BCUT2D eigenvalue weighted by Crippen LogP contribution is 2.14. The third-order valence-electron chi connectivity index (χ3n) is 3.60. The molecule has 0 rings (SSSR count). The monoisotopic (exact) mass is 249 g/mol. The summed E-state index contributed by atoms with van der Waals surface area (Å²) < 4.78 is 0. The molecule has 0 spiro atoms. The Bertz CT molecular complexity index is 174. The molecule has 18 heavy (non-hydrogen) atoms. The maximum Gasteiger partial charge on any atom is 0.109 e. The standard InChI is InChI=1S/C17H34B/c1-4-6-8-10-12-15-18-16-14-17(3)13-11-9-7-5-2/h3-16H2,1-2H3. The van der Waals surface area contributed by atoms with Crippen LogP contribution in [0.5, 0.6) is 0 Å². The van der Waals surface area contributed by atoms with Crippen molar-refractivity contribution in [1.29, 1.82) is 0 Å². The van der Waals surface area contributed by atoms with Crippen LogP contribution in [0.15, 0.2) is 12.2 Å². The van der Waals surface area contributed by atoms with E-state index in [-0.39, 0.29) is 0 Å². The van der Waals surface area contributed by atoms with E-state index in [0.717, 1.165) is 0 Å². The lowest BCUT2D eigenvalue weighted by molar-refractivity contribution is 0.653. The zero-order valence-electron chi connectivity index (χ0n) is 13.0. The normalized spacial score (nSPS) is 10.6. The van der Waals surface area contributed by atoms with Crippen LogP contribution in [0.1, 0.15) is 84.5 Å². The van der Waals surface area contributed by atoms with E-state index in [1.807, 2.05) is 0 Å². The van der Waals surface area contributed by atoms with Gasteiger partial charge in [0.15, 0.2) is 0 Å². The Labute approximate surface area is 117 Å². The molecule has 0 N–H and O–H groups in total. The summed E-state index contributed by atoms with van der Waals surface area (Å²) >= 11 is 0. The molecule has 1 heteroatoms. The second-order valence-corrected chi connectivity index (χ2v) is 5.59. The van der Waals surface area contributed by atoms with Gasteiger partial charge in [0.25, 0.3) is 0 Å². The first kappa shape index (κ1) is 17.8. The molecule has 0 saturated carbocycles. The van der Waals surface area contributed by atoms with Crippen molar-refractivity contribution in [3.05, 3.63) is 12.2 Å². The van der Waals surface area contributed by atoms with Crippen LogP contribution in [0.3, 0.4) is 0 Å². The number of hydrogen-bond acceptors (Lipinski definition) is 0. The Kier molecular flexibility index (Phi) is 14.7. The van der Waals surface area contributed by atoms with Crippen molar-refractivity contribution in [2.75, 3.05) is 0 Å². The van der Waals surface area contributed by atoms with Gasteiger partial charge in [-0.3, -0.25) is 0 Å². The number of unbranched alkanes of at least 4 members (excludes halogenated alkanes) is 7. The highest BCUT2D eigenvalue weighted by Gasteiger charge is 1.97. The number of allylic oxidation sites excluding steroid dienone is 1. The van der Waals surface area contributed by atoms with Gasteiger partial charge in [0.1, 0.15) is 7.28 Å². The average molecular weight is 249 g/mol. The Morgan fingerprint density at radius 1 is 0.722 bits per heavy atom.